The maximum absolute atomic E-state index is 12.7. The van der Waals surface area contributed by atoms with Gasteiger partial charge in [-0.05, 0) is 66.6 Å². The highest BCUT2D eigenvalue weighted by atomic mass is 16.1. The molecule has 5 fully saturated rings. The summed E-state index contributed by atoms with van der Waals surface area (Å²) in [6.45, 7) is 5.04. The Morgan fingerprint density at radius 3 is 2.14 bits per heavy atom. The van der Waals surface area contributed by atoms with Crippen LogP contribution in [0.25, 0.3) is 0 Å². The van der Waals surface area contributed by atoms with Gasteiger partial charge in [-0.1, -0.05) is 39.5 Å². The van der Waals surface area contributed by atoms with Gasteiger partial charge in [-0.3, -0.25) is 4.79 Å². The van der Waals surface area contributed by atoms with Gasteiger partial charge in [0.25, 0.3) is 0 Å². The zero-order valence-electron chi connectivity index (χ0n) is 14.0. The summed E-state index contributed by atoms with van der Waals surface area (Å²) in [7, 11) is 0. The van der Waals surface area contributed by atoms with Crippen LogP contribution in [0.5, 0.6) is 0 Å². The van der Waals surface area contributed by atoms with Crippen LogP contribution in [-0.4, -0.2) is 5.78 Å². The fourth-order valence-electron chi connectivity index (χ4n) is 7.91. The molecule has 0 aromatic carbocycles. The van der Waals surface area contributed by atoms with Gasteiger partial charge in [0.1, 0.15) is 5.78 Å². The Kier molecular flexibility index (Phi) is 3.12. The monoisotopic (exact) mass is 288 g/mol. The summed E-state index contributed by atoms with van der Waals surface area (Å²) in [5.74, 6) is 2.27. The average molecular weight is 288 g/mol. The molecule has 2 atom stereocenters. The van der Waals surface area contributed by atoms with E-state index in [1.54, 1.807) is 0 Å². The molecule has 0 spiro atoms. The van der Waals surface area contributed by atoms with Crippen molar-refractivity contribution in [2.45, 2.75) is 90.9 Å². The van der Waals surface area contributed by atoms with E-state index in [2.05, 4.69) is 13.8 Å². The normalized spacial score (nSPS) is 49.0. The van der Waals surface area contributed by atoms with E-state index in [1.807, 2.05) is 0 Å². The van der Waals surface area contributed by atoms with Crippen LogP contribution in [0, 0.1) is 28.1 Å². The number of hydrogen-bond donors (Lipinski definition) is 0. The molecule has 0 radical (unpaired) electrons. The first-order valence-electron chi connectivity index (χ1n) is 9.40. The highest BCUT2D eigenvalue weighted by molar-refractivity contribution is 5.79. The van der Waals surface area contributed by atoms with Crippen molar-refractivity contribution in [3.63, 3.8) is 0 Å². The number of hydrogen-bond acceptors (Lipinski definition) is 1. The van der Waals surface area contributed by atoms with Crippen molar-refractivity contribution in [1.29, 1.82) is 0 Å². The van der Waals surface area contributed by atoms with Crippen LogP contribution in [-0.2, 0) is 4.79 Å². The highest BCUT2D eigenvalue weighted by Crippen LogP contribution is 2.70. The Hall–Kier alpha value is -0.330. The van der Waals surface area contributed by atoms with Crippen LogP contribution < -0.4 is 0 Å². The fraction of sp³-hybridized carbons (Fsp3) is 0.950. The number of carbonyl (C=O) groups excluding carboxylic acids is 1. The van der Waals surface area contributed by atoms with Crippen molar-refractivity contribution in [1.82, 2.24) is 0 Å². The summed E-state index contributed by atoms with van der Waals surface area (Å²) in [4.78, 5) is 12.7. The topological polar surface area (TPSA) is 17.1 Å². The summed E-state index contributed by atoms with van der Waals surface area (Å²) in [5.41, 5.74) is 1.52. The Morgan fingerprint density at radius 2 is 1.57 bits per heavy atom. The molecule has 5 aliphatic carbocycles. The van der Waals surface area contributed by atoms with E-state index in [0.29, 0.717) is 22.0 Å². The third kappa shape index (κ3) is 2.59. The van der Waals surface area contributed by atoms with Gasteiger partial charge in [-0.25, -0.2) is 0 Å². The Balaban J connectivity index is 1.47. The Bertz CT molecular complexity index is 427. The maximum Gasteiger partial charge on any atom is 0.133 e. The molecule has 0 aromatic rings. The van der Waals surface area contributed by atoms with Crippen LogP contribution in [0.2, 0.25) is 0 Å². The van der Waals surface area contributed by atoms with E-state index in [1.165, 1.54) is 64.2 Å². The smallest absolute Gasteiger partial charge is 0.133 e. The highest BCUT2D eigenvalue weighted by Gasteiger charge is 2.60. The first-order valence-corrected chi connectivity index (χ1v) is 9.40. The van der Waals surface area contributed by atoms with Crippen LogP contribution in [0.1, 0.15) is 90.9 Å². The molecule has 5 aliphatic rings. The van der Waals surface area contributed by atoms with Crippen LogP contribution in [0.4, 0.5) is 0 Å². The maximum atomic E-state index is 12.7. The second kappa shape index (κ2) is 4.59. The summed E-state index contributed by atoms with van der Waals surface area (Å²) in [5, 5.41) is 0. The predicted octanol–water partition coefficient (Wildman–Crippen LogP) is 5.52. The molecular formula is C20H32O. The van der Waals surface area contributed by atoms with E-state index >= 15 is 0 Å². The minimum atomic E-state index is 0.401. The molecule has 0 aliphatic heterocycles. The SMILES string of the molecule is CC12CC3CC(C)(C1)CC(CC(=O)CC1CCCC1)(C3)C2. The molecule has 0 aromatic heterocycles. The van der Waals surface area contributed by atoms with Gasteiger partial charge in [0, 0.05) is 12.8 Å². The van der Waals surface area contributed by atoms with Crippen LogP contribution in [0.3, 0.4) is 0 Å². The number of carbonyl (C=O) groups is 1. The lowest BCUT2D eigenvalue weighted by atomic mass is 9.39. The van der Waals surface area contributed by atoms with Crippen molar-refractivity contribution < 1.29 is 4.79 Å². The van der Waals surface area contributed by atoms with Crippen molar-refractivity contribution in [3.8, 4) is 0 Å². The van der Waals surface area contributed by atoms with Crippen molar-refractivity contribution in [2.24, 2.45) is 28.1 Å². The van der Waals surface area contributed by atoms with Crippen molar-refractivity contribution >= 4 is 5.78 Å². The lowest BCUT2D eigenvalue weighted by Crippen LogP contribution is -2.55. The zero-order chi connectivity index (χ0) is 14.7. The average Bonchev–Trinajstić information content (AvgIpc) is 2.74. The minimum Gasteiger partial charge on any atom is -0.300 e. The molecule has 4 bridgehead atoms. The third-order valence-electron chi connectivity index (χ3n) is 7.31. The van der Waals surface area contributed by atoms with Crippen molar-refractivity contribution in [3.05, 3.63) is 0 Å². The fourth-order valence-corrected chi connectivity index (χ4v) is 7.91. The third-order valence-corrected chi connectivity index (χ3v) is 7.31. The summed E-state index contributed by atoms with van der Waals surface area (Å²) >= 11 is 0. The lowest BCUT2D eigenvalue weighted by molar-refractivity contribution is -0.155. The van der Waals surface area contributed by atoms with E-state index < -0.39 is 0 Å². The van der Waals surface area contributed by atoms with Gasteiger partial charge < -0.3 is 0 Å². The molecule has 21 heavy (non-hydrogen) atoms. The first-order chi connectivity index (χ1) is 9.88. The molecule has 0 N–H and O–H groups in total. The van der Waals surface area contributed by atoms with Gasteiger partial charge in [-0.15, -0.1) is 0 Å². The molecule has 2 unspecified atom stereocenters. The second-order valence-electron chi connectivity index (χ2n) is 10.2. The molecule has 1 nitrogen and oxygen atoms in total. The molecule has 5 saturated carbocycles. The van der Waals surface area contributed by atoms with Gasteiger partial charge >= 0.3 is 0 Å². The molecule has 0 heterocycles. The van der Waals surface area contributed by atoms with E-state index in [4.69, 9.17) is 0 Å². The van der Waals surface area contributed by atoms with Gasteiger partial charge in [0.15, 0.2) is 0 Å². The second-order valence-corrected chi connectivity index (χ2v) is 10.2. The molecule has 1 heteroatoms. The summed E-state index contributed by atoms with van der Waals surface area (Å²) < 4.78 is 0. The van der Waals surface area contributed by atoms with Crippen LogP contribution in [0.15, 0.2) is 0 Å². The Labute approximate surface area is 130 Å². The van der Waals surface area contributed by atoms with Gasteiger partial charge in [0.05, 0.1) is 0 Å². The zero-order valence-corrected chi connectivity index (χ0v) is 14.0. The van der Waals surface area contributed by atoms with Gasteiger partial charge in [-0.2, -0.15) is 0 Å². The summed E-state index contributed by atoms with van der Waals surface area (Å²) in [6.07, 6.45) is 15.6. The van der Waals surface area contributed by atoms with E-state index in [-0.39, 0.29) is 0 Å². The molecule has 118 valence electrons. The van der Waals surface area contributed by atoms with Crippen molar-refractivity contribution in [2.75, 3.05) is 0 Å². The summed E-state index contributed by atoms with van der Waals surface area (Å²) in [6, 6.07) is 0. The predicted molar refractivity (Wildman–Crippen MR) is 86.0 cm³/mol. The van der Waals surface area contributed by atoms with E-state index in [0.717, 1.165) is 24.7 Å². The molecule has 0 amide bonds. The molecule has 0 saturated heterocycles. The Morgan fingerprint density at radius 1 is 0.952 bits per heavy atom. The number of rotatable bonds is 4. The lowest BCUT2D eigenvalue weighted by Gasteiger charge is -2.65. The molecule has 5 rings (SSSR count). The van der Waals surface area contributed by atoms with E-state index in [9.17, 15) is 4.79 Å². The van der Waals surface area contributed by atoms with Crippen LogP contribution >= 0.6 is 0 Å². The quantitative estimate of drug-likeness (QED) is 0.665. The first kappa shape index (κ1) is 14.3. The number of ketones is 1. The largest absolute Gasteiger partial charge is 0.300 e. The van der Waals surface area contributed by atoms with Gasteiger partial charge in [0.2, 0.25) is 0 Å². The molecular weight excluding hydrogens is 256 g/mol. The standard InChI is InChI=1S/C20H32O/c1-18-8-16-9-19(2,12-18)14-20(10-16,13-18)11-17(21)7-15-5-3-4-6-15/h15-16H,3-14H2,1-2H3. The number of Topliss-reactive ketones (excluding diaryl/α,β-unsaturated/α-hetero) is 1. The minimum absolute atomic E-state index is 0.401.